The molecule has 0 unspecified atom stereocenters. The Hall–Kier alpha value is -1.40. The van der Waals surface area contributed by atoms with Crippen LogP contribution in [0.15, 0.2) is 54.7 Å². The van der Waals surface area contributed by atoms with Crippen LogP contribution in [-0.2, 0) is 4.57 Å². The third-order valence-electron chi connectivity index (χ3n) is 2.34. The second kappa shape index (κ2) is 4.00. The molecule has 0 aliphatic rings. The fourth-order valence-corrected chi connectivity index (χ4v) is 3.11. The van der Waals surface area contributed by atoms with E-state index in [0.29, 0.717) is 5.44 Å². The molecule has 1 heterocycles. The van der Waals surface area contributed by atoms with Gasteiger partial charge in [-0.15, -0.1) is 0 Å². The summed E-state index contributed by atoms with van der Waals surface area (Å²) in [5.74, 6) is 0. The van der Waals surface area contributed by atoms with Crippen LogP contribution in [0.5, 0.6) is 0 Å². The van der Waals surface area contributed by atoms with Gasteiger partial charge < -0.3 is 4.57 Å². The minimum atomic E-state index is -2.51. The third-order valence-corrected chi connectivity index (χ3v) is 4.76. The normalized spacial score (nSPS) is 14.5. The smallest absolute Gasteiger partial charge is 0.157 e. The number of benzene rings is 1. The number of hydrogen-bond acceptors (Lipinski definition) is 2. The molecule has 0 aliphatic carbocycles. The van der Waals surface area contributed by atoms with E-state index in [1.165, 1.54) is 0 Å². The minimum Gasteiger partial charge on any atom is -0.312 e. The molecule has 76 valence electrons. The molecular formula is C12H12NOP. The molecule has 3 heteroatoms. The van der Waals surface area contributed by atoms with Crippen molar-refractivity contribution in [2.75, 3.05) is 6.66 Å². The van der Waals surface area contributed by atoms with Gasteiger partial charge in [-0.25, -0.2) is 0 Å². The largest absolute Gasteiger partial charge is 0.312 e. The van der Waals surface area contributed by atoms with Crippen molar-refractivity contribution < 1.29 is 4.57 Å². The van der Waals surface area contributed by atoms with Gasteiger partial charge in [-0.1, -0.05) is 36.4 Å². The van der Waals surface area contributed by atoms with E-state index in [0.717, 1.165) is 5.30 Å². The van der Waals surface area contributed by atoms with Crippen LogP contribution in [0.1, 0.15) is 0 Å². The van der Waals surface area contributed by atoms with E-state index in [9.17, 15) is 4.57 Å². The van der Waals surface area contributed by atoms with Gasteiger partial charge in [0.2, 0.25) is 0 Å². The lowest BCUT2D eigenvalue weighted by atomic mass is 10.4. The van der Waals surface area contributed by atoms with Crippen molar-refractivity contribution in [2.45, 2.75) is 0 Å². The molecule has 0 radical (unpaired) electrons. The van der Waals surface area contributed by atoms with Gasteiger partial charge in [0.05, 0.1) is 0 Å². The summed E-state index contributed by atoms with van der Waals surface area (Å²) in [4.78, 5) is 4.16. The maximum atomic E-state index is 12.6. The van der Waals surface area contributed by atoms with Crippen LogP contribution in [0.4, 0.5) is 0 Å². The maximum absolute atomic E-state index is 12.6. The van der Waals surface area contributed by atoms with E-state index in [4.69, 9.17) is 0 Å². The second-order valence-corrected chi connectivity index (χ2v) is 6.27. The highest BCUT2D eigenvalue weighted by Crippen LogP contribution is 2.37. The zero-order valence-corrected chi connectivity index (χ0v) is 9.39. The summed E-state index contributed by atoms with van der Waals surface area (Å²) in [7, 11) is -2.51. The summed E-state index contributed by atoms with van der Waals surface area (Å²) in [6.45, 7) is 1.75. The van der Waals surface area contributed by atoms with Crippen molar-refractivity contribution in [3.8, 4) is 0 Å². The molecule has 0 N–H and O–H groups in total. The molecule has 0 spiro atoms. The van der Waals surface area contributed by atoms with E-state index >= 15 is 0 Å². The number of aromatic nitrogens is 1. The van der Waals surface area contributed by atoms with Crippen molar-refractivity contribution in [3.05, 3.63) is 54.7 Å². The van der Waals surface area contributed by atoms with Crippen molar-refractivity contribution in [3.63, 3.8) is 0 Å². The van der Waals surface area contributed by atoms with Crippen LogP contribution in [0.3, 0.4) is 0 Å². The van der Waals surface area contributed by atoms with Gasteiger partial charge in [-0.2, -0.15) is 0 Å². The predicted molar refractivity (Wildman–Crippen MR) is 63.5 cm³/mol. The highest BCUT2D eigenvalue weighted by Gasteiger charge is 2.21. The van der Waals surface area contributed by atoms with Gasteiger partial charge in [0.25, 0.3) is 0 Å². The topological polar surface area (TPSA) is 30.0 Å². The summed E-state index contributed by atoms with van der Waals surface area (Å²) in [5, 5.41) is 0.851. The molecule has 1 atom stereocenters. The van der Waals surface area contributed by atoms with Crippen molar-refractivity contribution in [1.82, 2.24) is 4.98 Å². The van der Waals surface area contributed by atoms with Crippen molar-refractivity contribution in [2.24, 2.45) is 0 Å². The fourth-order valence-electron chi connectivity index (χ4n) is 1.45. The standard InChI is InChI=1S/C12H12NOP/c1-15(14,11-7-3-2-4-8-11)12-9-5-6-10-13-12/h2-10H,1H3/t15-/m1/s1. The van der Waals surface area contributed by atoms with Crippen LogP contribution in [0.25, 0.3) is 0 Å². The molecule has 0 amide bonds. The van der Waals surface area contributed by atoms with Crippen LogP contribution >= 0.6 is 7.14 Å². The summed E-state index contributed by atoms with van der Waals surface area (Å²) in [6.07, 6.45) is 1.68. The van der Waals surface area contributed by atoms with Crippen LogP contribution in [-0.4, -0.2) is 11.6 Å². The first-order valence-corrected chi connectivity index (χ1v) is 6.91. The van der Waals surface area contributed by atoms with E-state index in [2.05, 4.69) is 4.98 Å². The average Bonchev–Trinajstić information content (AvgIpc) is 2.31. The first kappa shape index (κ1) is 10.1. The van der Waals surface area contributed by atoms with Crippen molar-refractivity contribution >= 4 is 17.9 Å². The Labute approximate surface area is 89.4 Å². The maximum Gasteiger partial charge on any atom is 0.157 e. The van der Waals surface area contributed by atoms with E-state index in [-0.39, 0.29) is 0 Å². The van der Waals surface area contributed by atoms with Crippen LogP contribution < -0.4 is 10.7 Å². The van der Waals surface area contributed by atoms with E-state index in [1.807, 2.05) is 48.5 Å². The van der Waals surface area contributed by atoms with E-state index in [1.54, 1.807) is 12.9 Å². The average molecular weight is 217 g/mol. The monoisotopic (exact) mass is 217 g/mol. The van der Waals surface area contributed by atoms with E-state index < -0.39 is 7.14 Å². The molecule has 1 aromatic heterocycles. The lowest BCUT2D eigenvalue weighted by molar-refractivity contribution is 0.590. The minimum absolute atomic E-state index is 0.663. The molecule has 0 fully saturated rings. The Kier molecular flexibility index (Phi) is 2.70. The Balaban J connectivity index is 2.50. The van der Waals surface area contributed by atoms with Gasteiger partial charge in [0.1, 0.15) is 5.44 Å². The second-order valence-electron chi connectivity index (χ2n) is 3.45. The number of pyridine rings is 1. The summed E-state index contributed by atoms with van der Waals surface area (Å²) in [6, 6.07) is 15.0. The summed E-state index contributed by atoms with van der Waals surface area (Å²) < 4.78 is 12.6. The predicted octanol–water partition coefficient (Wildman–Crippen LogP) is 2.03. The third kappa shape index (κ3) is 2.00. The van der Waals surface area contributed by atoms with Crippen LogP contribution in [0, 0.1) is 0 Å². The zero-order chi connectivity index (χ0) is 10.7. The Morgan fingerprint density at radius 3 is 2.27 bits per heavy atom. The number of nitrogens with zero attached hydrogens (tertiary/aromatic N) is 1. The van der Waals surface area contributed by atoms with Gasteiger partial charge >= 0.3 is 0 Å². The first-order valence-electron chi connectivity index (χ1n) is 4.76. The highest BCUT2D eigenvalue weighted by atomic mass is 31.2. The molecule has 0 saturated carbocycles. The van der Waals surface area contributed by atoms with Gasteiger partial charge in [-0.3, -0.25) is 4.98 Å². The number of rotatable bonds is 2. The Bertz CT molecular complexity index is 438. The van der Waals surface area contributed by atoms with Gasteiger partial charge in [0.15, 0.2) is 7.14 Å². The van der Waals surface area contributed by atoms with Crippen LogP contribution in [0.2, 0.25) is 0 Å². The molecule has 1 aromatic carbocycles. The van der Waals surface area contributed by atoms with Crippen molar-refractivity contribution in [1.29, 1.82) is 0 Å². The lowest BCUT2D eigenvalue weighted by Gasteiger charge is -2.11. The Morgan fingerprint density at radius 1 is 1.00 bits per heavy atom. The molecular weight excluding hydrogens is 205 g/mol. The lowest BCUT2D eigenvalue weighted by Crippen LogP contribution is -2.17. The molecule has 2 rings (SSSR count). The molecule has 2 nitrogen and oxygen atoms in total. The van der Waals surface area contributed by atoms with Gasteiger partial charge in [0, 0.05) is 11.5 Å². The quantitative estimate of drug-likeness (QED) is 0.720. The van der Waals surface area contributed by atoms with Gasteiger partial charge in [-0.05, 0) is 18.8 Å². The molecule has 2 aromatic rings. The highest BCUT2D eigenvalue weighted by molar-refractivity contribution is 7.77. The number of hydrogen-bond donors (Lipinski definition) is 0. The summed E-state index contributed by atoms with van der Waals surface area (Å²) in [5.41, 5.74) is 0.663. The zero-order valence-electron chi connectivity index (χ0n) is 8.50. The Morgan fingerprint density at radius 2 is 1.67 bits per heavy atom. The molecule has 0 bridgehead atoms. The molecule has 0 aliphatic heterocycles. The fraction of sp³-hybridized carbons (Fsp3) is 0.0833. The molecule has 15 heavy (non-hydrogen) atoms. The SMILES string of the molecule is C[P@@](=O)(c1ccccc1)c1ccccn1. The first-order chi connectivity index (χ1) is 7.21. The molecule has 0 saturated heterocycles. The summed E-state index contributed by atoms with van der Waals surface area (Å²) >= 11 is 0.